The molecule has 0 spiro atoms. The van der Waals surface area contributed by atoms with Gasteiger partial charge in [0.05, 0.1) is 46.1 Å². The molecule has 1 fully saturated rings. The van der Waals surface area contributed by atoms with Crippen LogP contribution in [0.15, 0.2) is 29.2 Å². The molecule has 13 heteroatoms. The fourth-order valence-corrected chi connectivity index (χ4v) is 6.91. The number of nitrogens with one attached hydrogen (secondary N) is 1. The maximum atomic E-state index is 13.3. The van der Waals surface area contributed by atoms with Crippen LogP contribution in [0.4, 0.5) is 13.2 Å². The molecule has 2 aromatic heterocycles. The van der Waals surface area contributed by atoms with Crippen molar-refractivity contribution in [2.24, 2.45) is 11.8 Å². The van der Waals surface area contributed by atoms with Gasteiger partial charge in [-0.25, -0.2) is 13.4 Å². The molecule has 0 saturated heterocycles. The van der Waals surface area contributed by atoms with Crippen LogP contribution < -0.4 is 10.1 Å². The molecule has 3 aromatic rings. The Morgan fingerprint density at radius 1 is 1.15 bits per heavy atom. The number of halogens is 3. The average Bonchev–Trinajstić information content (AvgIpc) is 3.26. The number of amides is 1. The van der Waals surface area contributed by atoms with Crippen molar-refractivity contribution >= 4 is 37.3 Å². The van der Waals surface area contributed by atoms with Gasteiger partial charge in [0.1, 0.15) is 10.7 Å². The first-order valence-corrected chi connectivity index (χ1v) is 15.5. The summed E-state index contributed by atoms with van der Waals surface area (Å²) in [5, 5.41) is 13.3. The van der Waals surface area contributed by atoms with E-state index in [9.17, 15) is 31.5 Å². The number of ether oxygens (including phenoxy) is 1. The largest absolute Gasteiger partial charge is 0.477 e. The highest BCUT2D eigenvalue weighted by molar-refractivity contribution is 7.91. The maximum absolute atomic E-state index is 13.3. The molecule has 1 amide bonds. The van der Waals surface area contributed by atoms with Crippen LogP contribution in [0.25, 0.3) is 10.2 Å². The van der Waals surface area contributed by atoms with Gasteiger partial charge in [-0.2, -0.15) is 18.2 Å². The molecule has 1 atom stereocenters. The van der Waals surface area contributed by atoms with Crippen LogP contribution in [0.1, 0.15) is 65.3 Å². The number of aromatic nitrogens is 2. The van der Waals surface area contributed by atoms with Crippen molar-refractivity contribution in [3.8, 4) is 5.88 Å². The molecule has 0 radical (unpaired) electrons. The third-order valence-corrected chi connectivity index (χ3v) is 10.3. The molecular formula is C27H32F3N3O5S2. The number of thiophene rings is 1. The Morgan fingerprint density at radius 2 is 1.80 bits per heavy atom. The van der Waals surface area contributed by atoms with Gasteiger partial charge >= 0.3 is 6.18 Å². The minimum atomic E-state index is -4.17. The summed E-state index contributed by atoms with van der Waals surface area (Å²) in [4.78, 5) is 23.2. The molecule has 2 heterocycles. The first kappa shape index (κ1) is 30.2. The predicted octanol–water partition coefficient (Wildman–Crippen LogP) is 5.31. The molecule has 40 heavy (non-hydrogen) atoms. The zero-order valence-electron chi connectivity index (χ0n) is 22.4. The summed E-state index contributed by atoms with van der Waals surface area (Å²) in [6.45, 7) is 4.81. The smallest absolute Gasteiger partial charge is 0.391 e. The van der Waals surface area contributed by atoms with Gasteiger partial charge in [-0.3, -0.25) is 4.79 Å². The van der Waals surface area contributed by atoms with E-state index in [2.05, 4.69) is 15.3 Å². The van der Waals surface area contributed by atoms with Gasteiger partial charge in [0.25, 0.3) is 5.91 Å². The monoisotopic (exact) mass is 599 g/mol. The maximum Gasteiger partial charge on any atom is 0.391 e. The number of carbonyl (C=O) groups excluding carboxylic acids is 1. The Balaban J connectivity index is 1.50. The second kappa shape index (κ2) is 12.0. The van der Waals surface area contributed by atoms with Crippen LogP contribution in [0, 0.1) is 25.7 Å². The number of aryl methyl sites for hydroxylation is 2. The highest BCUT2D eigenvalue weighted by atomic mass is 32.2. The zero-order chi connectivity index (χ0) is 29.2. The van der Waals surface area contributed by atoms with Crippen molar-refractivity contribution in [1.29, 1.82) is 0 Å². The van der Waals surface area contributed by atoms with Crippen LogP contribution in [0.3, 0.4) is 0 Å². The summed E-state index contributed by atoms with van der Waals surface area (Å²) < 4.78 is 69.2. The molecule has 1 aliphatic rings. The van der Waals surface area contributed by atoms with Crippen LogP contribution in [-0.2, 0) is 9.84 Å². The number of alkyl halides is 3. The Kier molecular flexibility index (Phi) is 9.05. The number of aliphatic hydroxyl groups is 1. The van der Waals surface area contributed by atoms with Crippen molar-refractivity contribution in [3.05, 3.63) is 46.1 Å². The van der Waals surface area contributed by atoms with Crippen molar-refractivity contribution in [2.45, 2.75) is 63.6 Å². The van der Waals surface area contributed by atoms with E-state index in [-0.39, 0.29) is 36.0 Å². The van der Waals surface area contributed by atoms with Crippen LogP contribution in [0.2, 0.25) is 0 Å². The van der Waals surface area contributed by atoms with Crippen molar-refractivity contribution < 1.29 is 36.2 Å². The SMILES string of the molecule is CCS(=O)(=O)c1ccc([C@H](CO)NC(=O)c2sc3nc(C)nc(OCC4CCC(C(F)(F)F)CC4)c3c2C)cc1. The second-order valence-corrected chi connectivity index (χ2v) is 13.3. The van der Waals surface area contributed by atoms with Gasteiger partial charge in [-0.15, -0.1) is 11.3 Å². The average molecular weight is 600 g/mol. The fraction of sp³-hybridized carbons (Fsp3) is 0.519. The number of nitrogens with zero attached hydrogens (tertiary/aromatic N) is 2. The molecule has 0 aliphatic heterocycles. The molecule has 4 rings (SSSR count). The molecule has 1 saturated carbocycles. The standard InChI is InChI=1S/C27H32F3N3O5S2/c1-4-40(36,37)20-11-7-18(8-12-20)21(13-34)33-24(35)23-15(2)22-25(31-16(3)32-26(22)39-23)38-14-17-5-9-19(10-6-17)27(28,29)30/h7-8,11-12,17,19,21,34H,4-6,9-10,13-14H2,1-3H3,(H,33,35)/t17?,19?,21-/m0/s1. The number of sulfone groups is 1. The lowest BCUT2D eigenvalue weighted by atomic mass is 9.82. The lowest BCUT2D eigenvalue weighted by molar-refractivity contribution is -0.184. The summed E-state index contributed by atoms with van der Waals surface area (Å²) >= 11 is 1.15. The molecule has 1 aromatic carbocycles. The van der Waals surface area contributed by atoms with Gasteiger partial charge in [0.2, 0.25) is 5.88 Å². The number of hydrogen-bond acceptors (Lipinski definition) is 8. The Hall–Kier alpha value is -2.77. The molecule has 0 bridgehead atoms. The van der Waals surface area contributed by atoms with Crippen LogP contribution in [-0.4, -0.2) is 54.5 Å². The van der Waals surface area contributed by atoms with Crippen molar-refractivity contribution in [2.75, 3.05) is 19.0 Å². The van der Waals surface area contributed by atoms with E-state index in [4.69, 9.17) is 4.74 Å². The number of benzene rings is 1. The molecule has 2 N–H and O–H groups in total. The number of hydrogen-bond donors (Lipinski definition) is 2. The second-order valence-electron chi connectivity index (χ2n) is 10.1. The quantitative estimate of drug-likeness (QED) is 0.342. The zero-order valence-corrected chi connectivity index (χ0v) is 24.0. The van der Waals surface area contributed by atoms with Crippen molar-refractivity contribution in [3.63, 3.8) is 0 Å². The van der Waals surface area contributed by atoms with Crippen LogP contribution in [0.5, 0.6) is 5.88 Å². The Bertz CT molecular complexity index is 1470. The number of aliphatic hydroxyl groups excluding tert-OH is 1. The molecule has 0 unspecified atom stereocenters. The molecule has 1 aliphatic carbocycles. The van der Waals surface area contributed by atoms with Crippen LogP contribution >= 0.6 is 11.3 Å². The van der Waals surface area contributed by atoms with E-state index in [1.807, 2.05) is 0 Å². The first-order valence-electron chi connectivity index (χ1n) is 13.1. The number of fused-ring (bicyclic) bond motifs is 1. The normalized spacial score (nSPS) is 19.0. The fourth-order valence-electron chi connectivity index (χ4n) is 4.91. The van der Waals surface area contributed by atoms with Gasteiger partial charge in [0.15, 0.2) is 9.84 Å². The van der Waals surface area contributed by atoms with E-state index in [0.29, 0.717) is 50.8 Å². The third kappa shape index (κ3) is 6.58. The first-order chi connectivity index (χ1) is 18.8. The number of carbonyl (C=O) groups is 1. The minimum Gasteiger partial charge on any atom is -0.477 e. The summed E-state index contributed by atoms with van der Waals surface area (Å²) in [6.07, 6.45) is -3.16. The topological polar surface area (TPSA) is 118 Å². The summed E-state index contributed by atoms with van der Waals surface area (Å²) in [7, 11) is -3.38. The van der Waals surface area contributed by atoms with Gasteiger partial charge in [-0.05, 0) is 68.7 Å². The van der Waals surface area contributed by atoms with E-state index >= 15 is 0 Å². The predicted molar refractivity (Wildman–Crippen MR) is 145 cm³/mol. The van der Waals surface area contributed by atoms with Crippen molar-refractivity contribution in [1.82, 2.24) is 15.3 Å². The highest BCUT2D eigenvalue weighted by Crippen LogP contribution is 2.40. The molecule has 8 nitrogen and oxygen atoms in total. The lowest BCUT2D eigenvalue weighted by Gasteiger charge is -2.29. The van der Waals surface area contributed by atoms with E-state index in [1.165, 1.54) is 12.1 Å². The van der Waals surface area contributed by atoms with Gasteiger partial charge < -0.3 is 15.2 Å². The van der Waals surface area contributed by atoms with Gasteiger partial charge in [0, 0.05) is 0 Å². The van der Waals surface area contributed by atoms with E-state index in [0.717, 1.165) is 11.3 Å². The molecular weight excluding hydrogens is 567 g/mol. The lowest BCUT2D eigenvalue weighted by Crippen LogP contribution is -2.30. The third-order valence-electron chi connectivity index (χ3n) is 7.35. The highest BCUT2D eigenvalue weighted by Gasteiger charge is 2.41. The summed E-state index contributed by atoms with van der Waals surface area (Å²) in [6, 6.07) is 5.25. The minimum absolute atomic E-state index is 0.0188. The van der Waals surface area contributed by atoms with Gasteiger partial charge in [-0.1, -0.05) is 19.1 Å². The summed E-state index contributed by atoms with van der Waals surface area (Å²) in [5.41, 5.74) is 1.14. The summed E-state index contributed by atoms with van der Waals surface area (Å²) in [5.74, 6) is -1.03. The van der Waals surface area contributed by atoms with E-state index < -0.39 is 40.5 Å². The number of rotatable bonds is 9. The Labute approximate surface area is 234 Å². The van der Waals surface area contributed by atoms with E-state index in [1.54, 1.807) is 32.9 Å². The Morgan fingerprint density at radius 3 is 2.38 bits per heavy atom. The molecule has 218 valence electrons.